The number of para-hydroxylation sites is 1. The third kappa shape index (κ3) is 4.05. The first kappa shape index (κ1) is 30.6. The summed E-state index contributed by atoms with van der Waals surface area (Å²) in [7, 11) is 1.67. The number of hydrogen-bond donors (Lipinski definition) is 2. The summed E-state index contributed by atoms with van der Waals surface area (Å²) < 4.78 is 5.65. The summed E-state index contributed by atoms with van der Waals surface area (Å²) in [6.45, 7) is 15.8. The number of benzene rings is 1. The van der Waals surface area contributed by atoms with Crippen molar-refractivity contribution >= 4 is 17.8 Å². The Hall–Kier alpha value is -2.40. The van der Waals surface area contributed by atoms with Crippen LogP contribution < -0.4 is 4.74 Å². The smallest absolute Gasteiger partial charge is 0.309 e. The van der Waals surface area contributed by atoms with Gasteiger partial charge in [-0.3, -0.25) is 9.59 Å². The quantitative estimate of drug-likeness (QED) is 0.373. The minimum Gasteiger partial charge on any atom is -0.496 e. The Morgan fingerprint density at radius 1 is 0.977 bits per heavy atom. The molecular weight excluding hydrogens is 536 g/mol. The molecule has 6 rings (SSSR count). The van der Waals surface area contributed by atoms with Gasteiger partial charge in [-0.15, -0.1) is 0 Å². The number of carbonyl (C=O) groups excluding carboxylic acids is 1. The maximum atomic E-state index is 14.7. The fourth-order valence-electron chi connectivity index (χ4n) is 11.5. The standard InChI is InChI=1S/C38H52O5/c1-33(2)29-13-14-38(7)30(36(29,5)21-24(31(33)40)19-23-11-9-10-12-28(23)43-8)27(39)20-25-26-22-35(4,32(41)42)16-15-34(26,3)17-18-37(25,38)6/h9-12,19-20,26,29-31,40H,13-18,21-22H2,1-8H3,(H,41,42)/b24-19+/t26-,29-,30+,31-,34+,35-,36-,37+,38+/m0/s1. The molecule has 5 heteroatoms. The van der Waals surface area contributed by atoms with E-state index >= 15 is 0 Å². The van der Waals surface area contributed by atoms with Gasteiger partial charge in [0, 0.05) is 11.5 Å². The lowest BCUT2D eigenvalue weighted by molar-refractivity contribution is -0.191. The summed E-state index contributed by atoms with van der Waals surface area (Å²) >= 11 is 0. The van der Waals surface area contributed by atoms with Gasteiger partial charge in [-0.05, 0) is 121 Å². The molecule has 0 aliphatic heterocycles. The molecule has 4 fully saturated rings. The number of allylic oxidation sites excluding steroid dienone is 2. The average molecular weight is 589 g/mol. The fourth-order valence-corrected chi connectivity index (χ4v) is 11.5. The topological polar surface area (TPSA) is 83.8 Å². The molecule has 0 aromatic heterocycles. The van der Waals surface area contributed by atoms with Crippen molar-refractivity contribution in [2.75, 3.05) is 7.11 Å². The molecule has 1 aromatic rings. The predicted octanol–water partition coefficient (Wildman–Crippen LogP) is 8.11. The normalized spacial score (nSPS) is 46.1. The van der Waals surface area contributed by atoms with Crippen LogP contribution in [-0.4, -0.2) is 35.2 Å². The lowest BCUT2D eigenvalue weighted by atomic mass is 9.33. The van der Waals surface area contributed by atoms with Gasteiger partial charge in [0.15, 0.2) is 5.78 Å². The second-order valence-electron chi connectivity index (χ2n) is 16.9. The van der Waals surface area contributed by atoms with E-state index in [1.807, 2.05) is 37.3 Å². The Bertz CT molecular complexity index is 1420. The van der Waals surface area contributed by atoms with Crippen molar-refractivity contribution in [2.45, 2.75) is 106 Å². The largest absolute Gasteiger partial charge is 0.496 e. The average Bonchev–Trinajstić information content (AvgIpc) is 2.93. The number of aliphatic carboxylic acids is 1. The Balaban J connectivity index is 1.47. The molecule has 0 heterocycles. The highest BCUT2D eigenvalue weighted by Gasteiger charge is 2.70. The second-order valence-corrected chi connectivity index (χ2v) is 16.9. The van der Waals surface area contributed by atoms with Gasteiger partial charge in [0.1, 0.15) is 5.75 Å². The van der Waals surface area contributed by atoms with E-state index < -0.39 is 22.9 Å². The number of ether oxygens (including phenoxy) is 1. The molecule has 0 bridgehead atoms. The summed E-state index contributed by atoms with van der Waals surface area (Å²) in [4.78, 5) is 27.1. The van der Waals surface area contributed by atoms with Crippen molar-refractivity contribution in [1.82, 2.24) is 0 Å². The van der Waals surface area contributed by atoms with Crippen LogP contribution in [0.1, 0.15) is 105 Å². The Morgan fingerprint density at radius 2 is 1.65 bits per heavy atom. The monoisotopic (exact) mass is 588 g/mol. The molecule has 4 saturated carbocycles. The number of rotatable bonds is 3. The number of ketones is 1. The lowest BCUT2D eigenvalue weighted by Crippen LogP contribution is -2.67. The molecule has 0 spiro atoms. The summed E-state index contributed by atoms with van der Waals surface area (Å²) in [5.41, 5.74) is 1.30. The number of aliphatic hydroxyl groups is 1. The van der Waals surface area contributed by atoms with Gasteiger partial charge < -0.3 is 14.9 Å². The molecule has 0 radical (unpaired) electrons. The zero-order valence-electron chi connectivity index (χ0n) is 27.5. The molecule has 0 unspecified atom stereocenters. The maximum absolute atomic E-state index is 14.7. The van der Waals surface area contributed by atoms with E-state index in [1.54, 1.807) is 7.11 Å². The van der Waals surface area contributed by atoms with Crippen molar-refractivity contribution in [1.29, 1.82) is 0 Å². The molecule has 234 valence electrons. The lowest BCUT2D eigenvalue weighted by Gasteiger charge is -2.70. The number of carboxylic acids is 1. The molecule has 43 heavy (non-hydrogen) atoms. The fraction of sp³-hybridized carbons (Fsp3) is 0.684. The van der Waals surface area contributed by atoms with Crippen molar-refractivity contribution in [2.24, 2.45) is 50.2 Å². The van der Waals surface area contributed by atoms with Crippen LogP contribution in [0.4, 0.5) is 0 Å². The van der Waals surface area contributed by atoms with Crippen molar-refractivity contribution in [3.05, 3.63) is 47.1 Å². The Kier molecular flexibility index (Phi) is 6.80. The minimum absolute atomic E-state index is 0.0342. The Morgan fingerprint density at radius 3 is 2.33 bits per heavy atom. The Labute approximate surface area is 258 Å². The van der Waals surface area contributed by atoms with Gasteiger partial charge in [-0.1, -0.05) is 65.3 Å². The van der Waals surface area contributed by atoms with Gasteiger partial charge >= 0.3 is 5.97 Å². The SMILES string of the molecule is COc1ccccc1/C=C1\C[C@]2(C)[C@H]3C(=O)C=C4[C@@H]5C[C@@](C)(C(=O)O)CC[C@]5(C)CC[C@@]4(C)[C@]3(C)CC[C@H]2C(C)(C)[C@H]1O. The van der Waals surface area contributed by atoms with E-state index in [0.29, 0.717) is 19.3 Å². The summed E-state index contributed by atoms with van der Waals surface area (Å²) in [5.74, 6) is 0.430. The first-order chi connectivity index (χ1) is 20.0. The third-order valence-corrected chi connectivity index (χ3v) is 14.4. The van der Waals surface area contributed by atoms with Gasteiger partial charge in [0.05, 0.1) is 18.6 Å². The number of methoxy groups -OCH3 is 1. The van der Waals surface area contributed by atoms with Crippen LogP contribution >= 0.6 is 0 Å². The van der Waals surface area contributed by atoms with Crippen LogP contribution in [0.15, 0.2) is 41.5 Å². The number of carboxylic acid groups (broad SMARTS) is 1. The molecule has 9 atom stereocenters. The molecule has 2 N–H and O–H groups in total. The molecular formula is C38H52O5. The summed E-state index contributed by atoms with van der Waals surface area (Å²) in [6, 6.07) is 7.93. The van der Waals surface area contributed by atoms with Gasteiger partial charge in [0.2, 0.25) is 0 Å². The first-order valence-electron chi connectivity index (χ1n) is 16.5. The highest BCUT2D eigenvalue weighted by molar-refractivity contribution is 5.96. The number of aliphatic hydroxyl groups excluding tert-OH is 1. The second kappa shape index (κ2) is 9.55. The van der Waals surface area contributed by atoms with Crippen molar-refractivity contribution in [3.63, 3.8) is 0 Å². The van der Waals surface area contributed by atoms with Gasteiger partial charge in [-0.25, -0.2) is 0 Å². The van der Waals surface area contributed by atoms with Crippen LogP contribution in [0, 0.1) is 50.2 Å². The first-order valence-corrected chi connectivity index (χ1v) is 16.5. The van der Waals surface area contributed by atoms with E-state index in [1.165, 1.54) is 5.57 Å². The van der Waals surface area contributed by atoms with E-state index in [9.17, 15) is 19.8 Å². The van der Waals surface area contributed by atoms with Crippen LogP contribution in [0.25, 0.3) is 6.08 Å². The van der Waals surface area contributed by atoms with E-state index in [4.69, 9.17) is 4.74 Å². The number of carbonyl (C=O) groups is 2. The highest BCUT2D eigenvalue weighted by Crippen LogP contribution is 2.75. The minimum atomic E-state index is -0.755. The molecule has 5 aliphatic carbocycles. The molecule has 0 saturated heterocycles. The van der Waals surface area contributed by atoms with Crippen LogP contribution in [0.2, 0.25) is 0 Å². The van der Waals surface area contributed by atoms with Crippen LogP contribution in [-0.2, 0) is 9.59 Å². The zero-order chi connectivity index (χ0) is 31.4. The molecule has 1 aromatic carbocycles. The maximum Gasteiger partial charge on any atom is 0.309 e. The number of hydrogen-bond acceptors (Lipinski definition) is 4. The third-order valence-electron chi connectivity index (χ3n) is 14.4. The highest BCUT2D eigenvalue weighted by atomic mass is 16.5. The van der Waals surface area contributed by atoms with Crippen molar-refractivity contribution in [3.8, 4) is 5.75 Å². The van der Waals surface area contributed by atoms with Gasteiger partial charge in [0.25, 0.3) is 0 Å². The molecule has 5 nitrogen and oxygen atoms in total. The van der Waals surface area contributed by atoms with Crippen LogP contribution in [0.5, 0.6) is 5.75 Å². The molecule has 0 amide bonds. The van der Waals surface area contributed by atoms with Gasteiger partial charge in [-0.2, -0.15) is 0 Å². The predicted molar refractivity (Wildman–Crippen MR) is 169 cm³/mol. The zero-order valence-corrected chi connectivity index (χ0v) is 27.5. The summed E-state index contributed by atoms with van der Waals surface area (Å²) in [6.07, 6.45) is 10.4. The number of fused-ring (bicyclic) bond motifs is 7. The van der Waals surface area contributed by atoms with E-state index in [2.05, 4.69) is 47.6 Å². The van der Waals surface area contributed by atoms with E-state index in [-0.39, 0.29) is 45.2 Å². The van der Waals surface area contributed by atoms with Crippen LogP contribution in [0.3, 0.4) is 0 Å². The van der Waals surface area contributed by atoms with E-state index in [0.717, 1.165) is 49.0 Å². The molecule has 5 aliphatic rings. The van der Waals surface area contributed by atoms with Crippen molar-refractivity contribution < 1.29 is 24.5 Å². The summed E-state index contributed by atoms with van der Waals surface area (Å²) in [5, 5.41) is 22.0.